The lowest BCUT2D eigenvalue weighted by Crippen LogP contribution is -2.37. The van der Waals surface area contributed by atoms with E-state index in [0.717, 1.165) is 36.2 Å². The van der Waals surface area contributed by atoms with Crippen molar-refractivity contribution in [1.29, 1.82) is 0 Å². The number of nitrogens with zero attached hydrogens (tertiary/aromatic N) is 4. The molecule has 27 heavy (non-hydrogen) atoms. The first-order chi connectivity index (χ1) is 12.4. The van der Waals surface area contributed by atoms with Gasteiger partial charge in [-0.3, -0.25) is 0 Å². The van der Waals surface area contributed by atoms with E-state index in [9.17, 15) is 0 Å². The van der Waals surface area contributed by atoms with Crippen LogP contribution in [0.4, 0.5) is 0 Å². The Morgan fingerprint density at radius 1 is 1.19 bits per heavy atom. The molecule has 0 spiro atoms. The number of aromatic nitrogens is 3. The number of guanidine groups is 1. The van der Waals surface area contributed by atoms with Gasteiger partial charge in [0.1, 0.15) is 17.7 Å². The van der Waals surface area contributed by atoms with Crippen molar-refractivity contribution in [3.8, 4) is 5.75 Å². The SMILES string of the molecule is CCNC(=NCc1ccccc1OC(C)(C)C)NCc1nncn1CC.I. The van der Waals surface area contributed by atoms with Crippen molar-refractivity contribution >= 4 is 29.9 Å². The lowest BCUT2D eigenvalue weighted by Gasteiger charge is -2.23. The van der Waals surface area contributed by atoms with Gasteiger partial charge < -0.3 is 19.9 Å². The van der Waals surface area contributed by atoms with Crippen LogP contribution in [0, 0.1) is 0 Å². The topological polar surface area (TPSA) is 76.4 Å². The predicted molar refractivity (Wildman–Crippen MR) is 120 cm³/mol. The van der Waals surface area contributed by atoms with Crippen molar-refractivity contribution in [2.75, 3.05) is 6.54 Å². The second-order valence-electron chi connectivity index (χ2n) is 6.90. The molecule has 0 saturated heterocycles. The van der Waals surface area contributed by atoms with Gasteiger partial charge in [-0.05, 0) is 40.7 Å². The summed E-state index contributed by atoms with van der Waals surface area (Å²) >= 11 is 0. The van der Waals surface area contributed by atoms with Crippen LogP contribution in [0.2, 0.25) is 0 Å². The molecule has 1 heterocycles. The van der Waals surface area contributed by atoms with Gasteiger partial charge in [0.15, 0.2) is 11.8 Å². The maximum absolute atomic E-state index is 6.04. The third kappa shape index (κ3) is 7.74. The lowest BCUT2D eigenvalue weighted by atomic mass is 10.1. The van der Waals surface area contributed by atoms with Gasteiger partial charge in [-0.2, -0.15) is 0 Å². The van der Waals surface area contributed by atoms with Crippen LogP contribution >= 0.6 is 24.0 Å². The molecular weight excluding hydrogens is 455 g/mol. The molecule has 0 bridgehead atoms. The van der Waals surface area contributed by atoms with Gasteiger partial charge in [0.25, 0.3) is 0 Å². The fourth-order valence-corrected chi connectivity index (χ4v) is 2.41. The Morgan fingerprint density at radius 2 is 1.93 bits per heavy atom. The Balaban J connectivity index is 0.00000364. The fourth-order valence-electron chi connectivity index (χ4n) is 2.41. The van der Waals surface area contributed by atoms with E-state index in [0.29, 0.717) is 13.1 Å². The number of aliphatic imine (C=N–C) groups is 1. The highest BCUT2D eigenvalue weighted by molar-refractivity contribution is 14.0. The van der Waals surface area contributed by atoms with Gasteiger partial charge in [-0.15, -0.1) is 34.2 Å². The number of hydrogen-bond acceptors (Lipinski definition) is 4. The molecule has 0 saturated carbocycles. The zero-order valence-corrected chi connectivity index (χ0v) is 19.2. The molecule has 0 unspecified atom stereocenters. The van der Waals surface area contributed by atoms with Crippen molar-refractivity contribution in [2.45, 2.75) is 59.9 Å². The predicted octanol–water partition coefficient (Wildman–Crippen LogP) is 3.35. The molecule has 0 fully saturated rings. The van der Waals surface area contributed by atoms with E-state index < -0.39 is 0 Å². The molecule has 1 aromatic carbocycles. The van der Waals surface area contributed by atoms with E-state index in [-0.39, 0.29) is 29.6 Å². The average Bonchev–Trinajstić information content (AvgIpc) is 3.04. The summed E-state index contributed by atoms with van der Waals surface area (Å²) in [5.74, 6) is 2.49. The van der Waals surface area contributed by atoms with Crippen LogP contribution in [0.3, 0.4) is 0 Å². The van der Waals surface area contributed by atoms with Crippen molar-refractivity contribution in [2.24, 2.45) is 4.99 Å². The third-order valence-corrected chi connectivity index (χ3v) is 3.59. The second-order valence-corrected chi connectivity index (χ2v) is 6.90. The summed E-state index contributed by atoms with van der Waals surface area (Å²) in [5.41, 5.74) is 0.809. The summed E-state index contributed by atoms with van der Waals surface area (Å²) in [5, 5.41) is 14.7. The quantitative estimate of drug-likeness (QED) is 0.357. The Labute approximate surface area is 179 Å². The highest BCUT2D eigenvalue weighted by atomic mass is 127. The molecule has 2 N–H and O–H groups in total. The van der Waals surface area contributed by atoms with Crippen LogP contribution in [0.15, 0.2) is 35.6 Å². The Bertz CT molecular complexity index is 723. The molecule has 0 aliphatic heterocycles. The first-order valence-electron chi connectivity index (χ1n) is 9.08. The molecule has 150 valence electrons. The third-order valence-electron chi connectivity index (χ3n) is 3.59. The Morgan fingerprint density at radius 3 is 2.59 bits per heavy atom. The number of para-hydroxylation sites is 1. The van der Waals surface area contributed by atoms with Crippen LogP contribution in [0.25, 0.3) is 0 Å². The Kier molecular flexibility index (Phi) is 9.54. The van der Waals surface area contributed by atoms with Crippen molar-refractivity contribution in [3.63, 3.8) is 0 Å². The number of aryl methyl sites for hydroxylation is 1. The van der Waals surface area contributed by atoms with Gasteiger partial charge in [-0.1, -0.05) is 18.2 Å². The minimum atomic E-state index is -0.243. The van der Waals surface area contributed by atoms with E-state index in [2.05, 4.69) is 32.7 Å². The van der Waals surface area contributed by atoms with Crippen LogP contribution in [0.1, 0.15) is 46.0 Å². The monoisotopic (exact) mass is 486 g/mol. The van der Waals surface area contributed by atoms with Crippen LogP contribution in [-0.4, -0.2) is 32.9 Å². The average molecular weight is 486 g/mol. The van der Waals surface area contributed by atoms with E-state index in [1.165, 1.54) is 0 Å². The van der Waals surface area contributed by atoms with Gasteiger partial charge in [0.05, 0.1) is 13.1 Å². The van der Waals surface area contributed by atoms with E-state index in [4.69, 9.17) is 4.74 Å². The maximum atomic E-state index is 6.04. The molecule has 1 aromatic heterocycles. The summed E-state index contributed by atoms with van der Waals surface area (Å²) in [6.07, 6.45) is 1.74. The number of halogens is 1. The van der Waals surface area contributed by atoms with E-state index >= 15 is 0 Å². The molecule has 0 aliphatic rings. The molecule has 7 nitrogen and oxygen atoms in total. The fraction of sp³-hybridized carbons (Fsp3) is 0.526. The van der Waals surface area contributed by atoms with Gasteiger partial charge in [0.2, 0.25) is 0 Å². The van der Waals surface area contributed by atoms with Gasteiger partial charge >= 0.3 is 0 Å². The number of benzene rings is 1. The molecule has 0 amide bonds. The summed E-state index contributed by atoms with van der Waals surface area (Å²) in [6, 6.07) is 8.02. The van der Waals surface area contributed by atoms with E-state index in [1.807, 2.05) is 56.5 Å². The molecule has 0 atom stereocenters. The standard InChI is InChI=1S/C19H30N6O.HI/c1-6-20-18(22-13-17-24-23-14-25(17)7-2)21-12-15-10-8-9-11-16(15)26-19(3,4)5;/h8-11,14H,6-7,12-13H2,1-5H3,(H2,20,21,22);1H. The first kappa shape index (κ1) is 23.2. The summed E-state index contributed by atoms with van der Waals surface area (Å²) in [4.78, 5) is 4.69. The maximum Gasteiger partial charge on any atom is 0.191 e. The highest BCUT2D eigenvalue weighted by Gasteiger charge is 2.14. The Hall–Kier alpha value is -1.84. The largest absolute Gasteiger partial charge is 0.488 e. The highest BCUT2D eigenvalue weighted by Crippen LogP contribution is 2.23. The zero-order valence-electron chi connectivity index (χ0n) is 16.8. The van der Waals surface area contributed by atoms with Crippen molar-refractivity contribution in [1.82, 2.24) is 25.4 Å². The van der Waals surface area contributed by atoms with Crippen molar-refractivity contribution < 1.29 is 4.74 Å². The van der Waals surface area contributed by atoms with E-state index in [1.54, 1.807) is 6.33 Å². The minimum absolute atomic E-state index is 0. The summed E-state index contributed by atoms with van der Waals surface area (Å²) in [7, 11) is 0. The number of nitrogens with one attached hydrogen (secondary N) is 2. The number of ether oxygens (including phenoxy) is 1. The molecule has 2 rings (SSSR count). The summed E-state index contributed by atoms with van der Waals surface area (Å²) in [6.45, 7) is 13.0. The van der Waals surface area contributed by atoms with Crippen LogP contribution < -0.4 is 15.4 Å². The minimum Gasteiger partial charge on any atom is -0.488 e. The smallest absolute Gasteiger partial charge is 0.191 e. The molecule has 0 radical (unpaired) electrons. The molecule has 8 heteroatoms. The first-order valence-corrected chi connectivity index (χ1v) is 9.08. The number of rotatable bonds is 7. The van der Waals surface area contributed by atoms with Crippen molar-refractivity contribution in [3.05, 3.63) is 42.0 Å². The molecular formula is C19H31IN6O. The van der Waals surface area contributed by atoms with Crippen LogP contribution in [0.5, 0.6) is 5.75 Å². The lowest BCUT2D eigenvalue weighted by molar-refractivity contribution is 0.129. The van der Waals surface area contributed by atoms with Crippen LogP contribution in [-0.2, 0) is 19.6 Å². The number of hydrogen-bond donors (Lipinski definition) is 2. The molecule has 2 aromatic rings. The second kappa shape index (κ2) is 11.1. The summed E-state index contributed by atoms with van der Waals surface area (Å²) < 4.78 is 8.05. The van der Waals surface area contributed by atoms with Gasteiger partial charge in [-0.25, -0.2) is 4.99 Å². The van der Waals surface area contributed by atoms with Gasteiger partial charge in [0, 0.05) is 18.7 Å². The zero-order chi connectivity index (χ0) is 19.0. The normalized spacial score (nSPS) is 11.7. The molecule has 0 aliphatic carbocycles.